The summed E-state index contributed by atoms with van der Waals surface area (Å²) in [6.45, 7) is 10.5. The molecule has 2 aromatic carbocycles. The Kier molecular flexibility index (Phi) is 6.18. The number of carbonyl (C=O) groups excluding carboxylic acids is 1. The van der Waals surface area contributed by atoms with E-state index < -0.39 is 0 Å². The third-order valence-electron chi connectivity index (χ3n) is 7.23. The highest BCUT2D eigenvalue weighted by molar-refractivity contribution is 5.91. The molecule has 2 aliphatic rings. The lowest BCUT2D eigenvalue weighted by Gasteiger charge is -2.29. The molecule has 192 valence electrons. The van der Waals surface area contributed by atoms with Crippen LogP contribution in [0.3, 0.4) is 0 Å². The Bertz CT molecular complexity index is 1560. The number of benzene rings is 2. The second-order valence-electron chi connectivity index (χ2n) is 10.0. The van der Waals surface area contributed by atoms with Crippen LogP contribution in [0.1, 0.15) is 18.4 Å². The van der Waals surface area contributed by atoms with E-state index in [2.05, 4.69) is 16.8 Å². The number of aromatic nitrogens is 3. The number of hydrogen-bond donors (Lipinski definition) is 0. The SMILES string of the molecule is [C-]#[N+]c1ccc(-c2nc(OC[C@@H]3CCCN(C)C3)n3ccnc3c2-c2ccc3c(c2)OC(=O)N(C)C3)cc1. The first-order chi connectivity index (χ1) is 18.5. The minimum atomic E-state index is -0.384. The number of ether oxygens (including phenoxy) is 2. The topological polar surface area (TPSA) is 76.6 Å². The zero-order valence-corrected chi connectivity index (χ0v) is 21.4. The number of nitrogens with zero attached hydrogens (tertiary/aromatic N) is 6. The normalized spacial score (nSPS) is 17.7. The number of likely N-dealkylation sites (tertiary alicyclic amines) is 1. The van der Waals surface area contributed by atoms with Gasteiger partial charge in [-0.15, -0.1) is 0 Å². The van der Waals surface area contributed by atoms with E-state index in [1.807, 2.05) is 40.9 Å². The van der Waals surface area contributed by atoms with Crippen molar-refractivity contribution in [2.45, 2.75) is 19.4 Å². The van der Waals surface area contributed by atoms with Crippen molar-refractivity contribution in [3.05, 3.63) is 71.8 Å². The fraction of sp³-hybridized carbons (Fsp3) is 0.310. The van der Waals surface area contributed by atoms with Gasteiger partial charge in [0.1, 0.15) is 5.75 Å². The summed E-state index contributed by atoms with van der Waals surface area (Å²) in [5, 5.41) is 0. The highest BCUT2D eigenvalue weighted by atomic mass is 16.6. The van der Waals surface area contributed by atoms with Crippen LogP contribution >= 0.6 is 0 Å². The Balaban J connectivity index is 1.47. The molecule has 1 saturated heterocycles. The molecule has 4 aromatic rings. The van der Waals surface area contributed by atoms with Gasteiger partial charge < -0.3 is 19.3 Å². The molecule has 0 saturated carbocycles. The molecule has 2 aliphatic heterocycles. The lowest BCUT2D eigenvalue weighted by atomic mass is 9.98. The van der Waals surface area contributed by atoms with Gasteiger partial charge in [-0.2, -0.15) is 4.98 Å². The Morgan fingerprint density at radius 2 is 1.97 bits per heavy atom. The Morgan fingerprint density at radius 1 is 1.16 bits per heavy atom. The van der Waals surface area contributed by atoms with Gasteiger partial charge in [0.05, 0.1) is 31.0 Å². The summed E-state index contributed by atoms with van der Waals surface area (Å²) < 4.78 is 13.8. The van der Waals surface area contributed by atoms with Crippen molar-refractivity contribution in [2.75, 3.05) is 33.8 Å². The average molecular weight is 509 g/mol. The quantitative estimate of drug-likeness (QED) is 0.342. The van der Waals surface area contributed by atoms with Gasteiger partial charge in [0.25, 0.3) is 0 Å². The summed E-state index contributed by atoms with van der Waals surface area (Å²) in [6, 6.07) is 13.7. The van der Waals surface area contributed by atoms with E-state index in [0.717, 1.165) is 48.2 Å². The molecular formula is C29H28N6O3. The summed E-state index contributed by atoms with van der Waals surface area (Å²) in [6.07, 6.45) is 5.50. The van der Waals surface area contributed by atoms with Crippen LogP contribution in [0.25, 0.3) is 32.9 Å². The minimum Gasteiger partial charge on any atom is -0.464 e. The maximum absolute atomic E-state index is 12.2. The van der Waals surface area contributed by atoms with E-state index in [9.17, 15) is 4.79 Å². The predicted molar refractivity (Wildman–Crippen MR) is 143 cm³/mol. The molecule has 2 aromatic heterocycles. The van der Waals surface area contributed by atoms with Crippen LogP contribution in [0.15, 0.2) is 54.9 Å². The van der Waals surface area contributed by atoms with Gasteiger partial charge in [0.15, 0.2) is 11.3 Å². The number of carbonyl (C=O) groups is 1. The van der Waals surface area contributed by atoms with Crippen molar-refractivity contribution < 1.29 is 14.3 Å². The molecule has 9 nitrogen and oxygen atoms in total. The van der Waals surface area contributed by atoms with Gasteiger partial charge in [-0.1, -0.05) is 36.4 Å². The van der Waals surface area contributed by atoms with Crippen molar-refractivity contribution in [3.8, 4) is 34.1 Å². The third kappa shape index (κ3) is 4.44. The lowest BCUT2D eigenvalue weighted by molar-refractivity contribution is 0.143. The molecule has 0 aliphatic carbocycles. The molecular weight excluding hydrogens is 480 g/mol. The van der Waals surface area contributed by atoms with E-state index >= 15 is 0 Å². The van der Waals surface area contributed by atoms with Crippen LogP contribution in [-0.2, 0) is 6.54 Å². The van der Waals surface area contributed by atoms with E-state index in [-0.39, 0.29) is 6.09 Å². The number of fused-ring (bicyclic) bond motifs is 2. The summed E-state index contributed by atoms with van der Waals surface area (Å²) >= 11 is 0. The molecule has 1 atom stereocenters. The van der Waals surface area contributed by atoms with Crippen molar-refractivity contribution in [3.63, 3.8) is 0 Å². The van der Waals surface area contributed by atoms with Crippen LogP contribution in [0.5, 0.6) is 11.8 Å². The van der Waals surface area contributed by atoms with Gasteiger partial charge >= 0.3 is 12.1 Å². The Hall–Kier alpha value is -4.42. The Labute approximate surface area is 221 Å². The fourth-order valence-corrected chi connectivity index (χ4v) is 5.25. The molecule has 4 heterocycles. The summed E-state index contributed by atoms with van der Waals surface area (Å²) in [5.41, 5.74) is 5.34. The minimum absolute atomic E-state index is 0.384. The fourth-order valence-electron chi connectivity index (χ4n) is 5.25. The highest BCUT2D eigenvalue weighted by Crippen LogP contribution is 2.39. The molecule has 1 amide bonds. The molecule has 0 bridgehead atoms. The summed E-state index contributed by atoms with van der Waals surface area (Å²) in [5.74, 6) is 0.968. The zero-order chi connectivity index (χ0) is 26.2. The first kappa shape index (κ1) is 23.9. The maximum atomic E-state index is 12.2. The van der Waals surface area contributed by atoms with Crippen molar-refractivity contribution >= 4 is 17.4 Å². The maximum Gasteiger partial charge on any atom is 0.415 e. The second kappa shape index (κ2) is 9.80. The monoisotopic (exact) mass is 508 g/mol. The van der Waals surface area contributed by atoms with Crippen LogP contribution in [-0.4, -0.2) is 64.1 Å². The molecule has 0 unspecified atom stereocenters. The Morgan fingerprint density at radius 3 is 2.76 bits per heavy atom. The highest BCUT2D eigenvalue weighted by Gasteiger charge is 2.25. The van der Waals surface area contributed by atoms with Gasteiger partial charge in [-0.25, -0.2) is 14.6 Å². The molecule has 0 N–H and O–H groups in total. The summed E-state index contributed by atoms with van der Waals surface area (Å²) in [7, 11) is 3.86. The molecule has 6 rings (SSSR count). The zero-order valence-electron chi connectivity index (χ0n) is 21.4. The second-order valence-corrected chi connectivity index (χ2v) is 10.0. The summed E-state index contributed by atoms with van der Waals surface area (Å²) in [4.78, 5) is 29.3. The van der Waals surface area contributed by atoms with E-state index in [1.54, 1.807) is 25.4 Å². The first-order valence-electron chi connectivity index (χ1n) is 12.7. The van der Waals surface area contributed by atoms with Gasteiger partial charge in [0.2, 0.25) is 0 Å². The lowest BCUT2D eigenvalue weighted by Crippen LogP contribution is -2.35. The van der Waals surface area contributed by atoms with Crippen molar-refractivity contribution in [1.29, 1.82) is 0 Å². The van der Waals surface area contributed by atoms with Crippen molar-refractivity contribution in [2.24, 2.45) is 5.92 Å². The molecule has 38 heavy (non-hydrogen) atoms. The molecule has 1 fully saturated rings. The van der Waals surface area contributed by atoms with E-state index in [1.165, 1.54) is 4.90 Å². The first-order valence-corrected chi connectivity index (χ1v) is 12.7. The van der Waals surface area contributed by atoms with Crippen LogP contribution in [0.4, 0.5) is 10.5 Å². The average Bonchev–Trinajstić information content (AvgIpc) is 3.42. The van der Waals surface area contributed by atoms with E-state index in [4.69, 9.17) is 26.0 Å². The van der Waals surface area contributed by atoms with Crippen LogP contribution in [0, 0.1) is 12.5 Å². The van der Waals surface area contributed by atoms with Crippen molar-refractivity contribution in [1.82, 2.24) is 24.2 Å². The van der Waals surface area contributed by atoms with Gasteiger partial charge in [-0.3, -0.25) is 4.40 Å². The van der Waals surface area contributed by atoms with Crippen LogP contribution in [0.2, 0.25) is 0 Å². The predicted octanol–water partition coefficient (Wildman–Crippen LogP) is 5.28. The van der Waals surface area contributed by atoms with E-state index in [0.29, 0.717) is 47.9 Å². The number of hydrogen-bond acceptors (Lipinski definition) is 6. The molecule has 0 radical (unpaired) electrons. The van der Waals surface area contributed by atoms with Gasteiger partial charge in [-0.05, 0) is 43.6 Å². The smallest absolute Gasteiger partial charge is 0.415 e. The van der Waals surface area contributed by atoms with Crippen LogP contribution < -0.4 is 9.47 Å². The van der Waals surface area contributed by atoms with Gasteiger partial charge in [0, 0.05) is 37.5 Å². The molecule has 0 spiro atoms. The standard InChI is InChI=1S/C29H28N6O3/c1-30-23-10-8-20(9-11-23)26-25(21-6-7-22-17-34(3)29(36)38-24(22)15-21)27-31-12-14-35(27)28(32-26)37-18-19-5-4-13-33(2)16-19/h6-12,14-15,19H,4-5,13,16-18H2,2-3H3/t19-/m1/s1. The largest absolute Gasteiger partial charge is 0.464 e. The number of piperidine rings is 1. The number of rotatable bonds is 5. The third-order valence-corrected chi connectivity index (χ3v) is 7.23. The number of amides is 1. The molecule has 9 heteroatoms. The number of imidazole rings is 1.